The summed E-state index contributed by atoms with van der Waals surface area (Å²) >= 11 is 0. The molecule has 24 heavy (non-hydrogen) atoms. The molecule has 2 atom stereocenters. The molecule has 0 aromatic rings. The van der Waals surface area contributed by atoms with Crippen LogP contribution in [0.1, 0.15) is 65.7 Å². The molecule has 1 aliphatic heterocycles. The Morgan fingerprint density at radius 3 is 2.33 bits per heavy atom. The third-order valence-electron chi connectivity index (χ3n) is 6.26. The molecule has 5 heteroatoms. The van der Waals surface area contributed by atoms with E-state index in [-0.39, 0.29) is 17.7 Å². The Kier molecular flexibility index (Phi) is 5.83. The molecule has 1 saturated heterocycles. The van der Waals surface area contributed by atoms with Gasteiger partial charge in [-0.1, -0.05) is 20.3 Å². The molecule has 3 aliphatic rings. The molecule has 138 valence electrons. The summed E-state index contributed by atoms with van der Waals surface area (Å²) < 4.78 is 11.5. The average Bonchev–Trinajstić information content (AvgIpc) is 3.34. The van der Waals surface area contributed by atoms with Crippen LogP contribution in [0.5, 0.6) is 0 Å². The summed E-state index contributed by atoms with van der Waals surface area (Å²) in [5.74, 6) is 0.475. The van der Waals surface area contributed by atoms with E-state index in [4.69, 9.17) is 9.47 Å². The molecule has 3 rings (SSSR count). The summed E-state index contributed by atoms with van der Waals surface area (Å²) in [7, 11) is 0. The van der Waals surface area contributed by atoms with E-state index in [1.165, 1.54) is 12.8 Å². The zero-order chi connectivity index (χ0) is 17.2. The van der Waals surface area contributed by atoms with Gasteiger partial charge < -0.3 is 14.8 Å². The fourth-order valence-corrected chi connectivity index (χ4v) is 4.11. The molecule has 0 radical (unpaired) electrons. The van der Waals surface area contributed by atoms with Crippen molar-refractivity contribution in [2.75, 3.05) is 19.8 Å². The SMILES string of the molecule is CCC(C)C(C)N(CC(=O)NC1CCC2(CC1)OCCO2)C1CC1. The molecule has 0 aromatic heterocycles. The number of nitrogens with one attached hydrogen (secondary N) is 1. The van der Waals surface area contributed by atoms with E-state index in [0.717, 1.165) is 32.1 Å². The highest BCUT2D eigenvalue weighted by Gasteiger charge is 2.41. The van der Waals surface area contributed by atoms with Crippen LogP contribution in [0.4, 0.5) is 0 Å². The second-order valence-corrected chi connectivity index (χ2v) is 7.98. The van der Waals surface area contributed by atoms with Crippen LogP contribution in [-0.2, 0) is 14.3 Å². The minimum Gasteiger partial charge on any atom is -0.352 e. The Bertz CT molecular complexity index is 422. The van der Waals surface area contributed by atoms with E-state index in [9.17, 15) is 4.79 Å². The molecule has 3 fully saturated rings. The lowest BCUT2D eigenvalue weighted by Crippen LogP contribution is -2.49. The second kappa shape index (κ2) is 7.71. The Morgan fingerprint density at radius 1 is 1.17 bits per heavy atom. The lowest BCUT2D eigenvalue weighted by atomic mass is 9.90. The van der Waals surface area contributed by atoms with E-state index in [2.05, 4.69) is 31.0 Å². The van der Waals surface area contributed by atoms with Crippen LogP contribution in [0.3, 0.4) is 0 Å². The summed E-state index contributed by atoms with van der Waals surface area (Å²) in [6, 6.07) is 1.37. The molecule has 1 heterocycles. The van der Waals surface area contributed by atoms with Gasteiger partial charge in [0, 0.05) is 31.0 Å². The van der Waals surface area contributed by atoms with Crippen LogP contribution in [0, 0.1) is 5.92 Å². The van der Waals surface area contributed by atoms with E-state index in [1.54, 1.807) is 0 Å². The predicted octanol–water partition coefficient (Wildman–Crippen LogP) is 2.69. The maximum atomic E-state index is 12.6. The Hall–Kier alpha value is -0.650. The van der Waals surface area contributed by atoms with Gasteiger partial charge >= 0.3 is 0 Å². The zero-order valence-electron chi connectivity index (χ0n) is 15.6. The third-order valence-corrected chi connectivity index (χ3v) is 6.26. The molecular formula is C19H34N2O3. The topological polar surface area (TPSA) is 50.8 Å². The lowest BCUT2D eigenvalue weighted by Gasteiger charge is -2.36. The summed E-state index contributed by atoms with van der Waals surface area (Å²) in [5, 5.41) is 3.26. The van der Waals surface area contributed by atoms with Crippen LogP contribution < -0.4 is 5.32 Å². The van der Waals surface area contributed by atoms with Crippen molar-refractivity contribution in [2.24, 2.45) is 5.92 Å². The van der Waals surface area contributed by atoms with Gasteiger partial charge in [-0.15, -0.1) is 0 Å². The number of amides is 1. The first-order valence-corrected chi connectivity index (χ1v) is 9.86. The summed E-state index contributed by atoms with van der Waals surface area (Å²) in [5.41, 5.74) is 0. The standard InChI is InChI=1S/C19H34N2O3/c1-4-14(2)15(3)21(17-5-6-17)13-18(22)20-16-7-9-19(10-8-16)23-11-12-24-19/h14-17H,4-13H2,1-3H3,(H,20,22). The fraction of sp³-hybridized carbons (Fsp3) is 0.947. The summed E-state index contributed by atoms with van der Waals surface area (Å²) in [6.45, 7) is 8.77. The highest BCUT2D eigenvalue weighted by atomic mass is 16.7. The van der Waals surface area contributed by atoms with Gasteiger partial charge in [0.05, 0.1) is 19.8 Å². The number of rotatable bonds is 7. The minimum atomic E-state index is -0.341. The van der Waals surface area contributed by atoms with Gasteiger partial charge in [-0.25, -0.2) is 0 Å². The number of carbonyl (C=O) groups is 1. The number of hydrogen-bond donors (Lipinski definition) is 1. The van der Waals surface area contributed by atoms with E-state index >= 15 is 0 Å². The van der Waals surface area contributed by atoms with Crippen LogP contribution in [0.25, 0.3) is 0 Å². The van der Waals surface area contributed by atoms with Crippen molar-refractivity contribution in [2.45, 2.75) is 89.6 Å². The fourth-order valence-electron chi connectivity index (χ4n) is 4.11. The summed E-state index contributed by atoms with van der Waals surface area (Å²) in [4.78, 5) is 15.0. The largest absolute Gasteiger partial charge is 0.352 e. The van der Waals surface area contributed by atoms with E-state index in [0.29, 0.717) is 37.8 Å². The Labute approximate surface area is 146 Å². The third kappa shape index (κ3) is 4.30. The molecule has 5 nitrogen and oxygen atoms in total. The predicted molar refractivity (Wildman–Crippen MR) is 93.7 cm³/mol. The van der Waals surface area contributed by atoms with Gasteiger partial charge in [-0.2, -0.15) is 0 Å². The van der Waals surface area contributed by atoms with Gasteiger partial charge in [-0.05, 0) is 38.5 Å². The van der Waals surface area contributed by atoms with Crippen molar-refractivity contribution in [1.29, 1.82) is 0 Å². The monoisotopic (exact) mass is 338 g/mol. The minimum absolute atomic E-state index is 0.186. The smallest absolute Gasteiger partial charge is 0.234 e. The molecule has 1 amide bonds. The number of carbonyl (C=O) groups excluding carboxylic acids is 1. The number of hydrogen-bond acceptors (Lipinski definition) is 4. The second-order valence-electron chi connectivity index (χ2n) is 7.98. The van der Waals surface area contributed by atoms with E-state index in [1.807, 2.05) is 0 Å². The normalized spacial score (nSPS) is 26.7. The molecular weight excluding hydrogens is 304 g/mol. The zero-order valence-corrected chi connectivity index (χ0v) is 15.6. The lowest BCUT2D eigenvalue weighted by molar-refractivity contribution is -0.180. The molecule has 0 bridgehead atoms. The first kappa shape index (κ1) is 18.2. The number of ether oxygens (including phenoxy) is 2. The Morgan fingerprint density at radius 2 is 1.79 bits per heavy atom. The van der Waals surface area contributed by atoms with Crippen molar-refractivity contribution in [3.63, 3.8) is 0 Å². The molecule has 1 N–H and O–H groups in total. The molecule has 2 unspecified atom stereocenters. The van der Waals surface area contributed by atoms with Gasteiger partial charge in [-0.3, -0.25) is 9.69 Å². The molecule has 1 spiro atoms. The van der Waals surface area contributed by atoms with E-state index < -0.39 is 0 Å². The molecule has 2 aliphatic carbocycles. The average molecular weight is 338 g/mol. The van der Waals surface area contributed by atoms with Crippen molar-refractivity contribution >= 4 is 5.91 Å². The van der Waals surface area contributed by atoms with Crippen molar-refractivity contribution < 1.29 is 14.3 Å². The molecule has 2 saturated carbocycles. The number of nitrogens with zero attached hydrogens (tertiary/aromatic N) is 1. The quantitative estimate of drug-likeness (QED) is 0.775. The Balaban J connectivity index is 1.46. The van der Waals surface area contributed by atoms with Gasteiger partial charge in [0.15, 0.2) is 5.79 Å². The van der Waals surface area contributed by atoms with Crippen molar-refractivity contribution in [3.8, 4) is 0 Å². The van der Waals surface area contributed by atoms with Crippen molar-refractivity contribution in [1.82, 2.24) is 10.2 Å². The van der Waals surface area contributed by atoms with Gasteiger partial charge in [0.1, 0.15) is 0 Å². The van der Waals surface area contributed by atoms with Crippen molar-refractivity contribution in [3.05, 3.63) is 0 Å². The van der Waals surface area contributed by atoms with Crippen LogP contribution >= 0.6 is 0 Å². The summed E-state index contributed by atoms with van der Waals surface area (Å²) in [6.07, 6.45) is 7.35. The highest BCUT2D eigenvalue weighted by molar-refractivity contribution is 5.78. The highest BCUT2D eigenvalue weighted by Crippen LogP contribution is 2.36. The van der Waals surface area contributed by atoms with Gasteiger partial charge in [0.25, 0.3) is 0 Å². The van der Waals surface area contributed by atoms with Gasteiger partial charge in [0.2, 0.25) is 5.91 Å². The van der Waals surface area contributed by atoms with Crippen LogP contribution in [0.2, 0.25) is 0 Å². The first-order valence-electron chi connectivity index (χ1n) is 9.86. The maximum absolute atomic E-state index is 12.6. The molecule has 0 aromatic carbocycles. The first-order chi connectivity index (χ1) is 11.5. The van der Waals surface area contributed by atoms with Crippen LogP contribution in [0.15, 0.2) is 0 Å². The maximum Gasteiger partial charge on any atom is 0.234 e. The van der Waals surface area contributed by atoms with Crippen LogP contribution in [-0.4, -0.2) is 54.5 Å².